The van der Waals surface area contributed by atoms with E-state index in [1.807, 2.05) is 6.07 Å². The molecule has 0 amide bonds. The highest BCUT2D eigenvalue weighted by molar-refractivity contribution is 5.28. The molecule has 0 bridgehead atoms. The molecule has 1 fully saturated rings. The van der Waals surface area contributed by atoms with Crippen molar-refractivity contribution in [3.63, 3.8) is 0 Å². The molecule has 0 N–H and O–H groups in total. The average Bonchev–Trinajstić information content (AvgIpc) is 2.58. The second-order valence-corrected chi connectivity index (χ2v) is 6.63. The van der Waals surface area contributed by atoms with Gasteiger partial charge in [-0.2, -0.15) is 0 Å². The number of likely N-dealkylation sites (tertiary alicyclic amines) is 1. The van der Waals surface area contributed by atoms with Gasteiger partial charge in [-0.05, 0) is 69.4 Å². The Morgan fingerprint density at radius 2 is 1.64 bits per heavy atom. The van der Waals surface area contributed by atoms with Crippen molar-refractivity contribution in [1.82, 2.24) is 4.90 Å². The maximum atomic E-state index is 5.27. The highest BCUT2D eigenvalue weighted by Crippen LogP contribution is 2.16. The number of hydrogen-bond acceptors (Lipinski definition) is 2. The Bertz CT molecular complexity index is 398. The van der Waals surface area contributed by atoms with Gasteiger partial charge in [0.05, 0.1) is 7.11 Å². The van der Waals surface area contributed by atoms with Crippen LogP contribution >= 0.6 is 0 Å². The number of benzene rings is 1. The van der Waals surface area contributed by atoms with Crippen LogP contribution in [0.2, 0.25) is 0 Å². The zero-order valence-corrected chi connectivity index (χ0v) is 14.4. The highest BCUT2D eigenvalue weighted by atomic mass is 16.5. The summed E-state index contributed by atoms with van der Waals surface area (Å²) >= 11 is 0. The minimum absolute atomic E-state index is 0.982. The van der Waals surface area contributed by atoms with E-state index in [0.717, 1.165) is 5.75 Å². The third-order valence-corrected chi connectivity index (χ3v) is 4.77. The number of aryl methyl sites for hydroxylation is 1. The summed E-state index contributed by atoms with van der Waals surface area (Å²) in [5.41, 5.74) is 1.41. The number of unbranched alkanes of at least 4 members (excludes halogenated alkanes) is 5. The lowest BCUT2D eigenvalue weighted by atomic mass is 10.0. The lowest BCUT2D eigenvalue weighted by molar-refractivity contribution is 0.224. The number of ether oxygens (including phenoxy) is 1. The van der Waals surface area contributed by atoms with Gasteiger partial charge in [-0.1, -0.05) is 44.2 Å². The Morgan fingerprint density at radius 3 is 2.41 bits per heavy atom. The molecular weight excluding hydrogens is 270 g/mol. The van der Waals surface area contributed by atoms with Crippen LogP contribution in [-0.2, 0) is 6.42 Å². The van der Waals surface area contributed by atoms with Crippen molar-refractivity contribution >= 4 is 0 Å². The Kier molecular flexibility index (Phi) is 8.40. The molecule has 1 heterocycles. The first-order valence-corrected chi connectivity index (χ1v) is 9.24. The molecule has 1 aromatic rings. The maximum Gasteiger partial charge on any atom is 0.119 e. The molecule has 0 radical (unpaired) electrons. The molecule has 2 rings (SSSR count). The summed E-state index contributed by atoms with van der Waals surface area (Å²) in [6, 6.07) is 8.49. The Labute approximate surface area is 136 Å². The van der Waals surface area contributed by atoms with Crippen LogP contribution in [0, 0.1) is 0 Å². The van der Waals surface area contributed by atoms with E-state index in [1.165, 1.54) is 89.4 Å². The zero-order chi connectivity index (χ0) is 15.5. The molecule has 1 aliphatic heterocycles. The highest BCUT2D eigenvalue weighted by Gasteiger charge is 2.08. The third kappa shape index (κ3) is 6.83. The minimum atomic E-state index is 0.982. The molecule has 0 spiro atoms. The Balaban J connectivity index is 1.44. The fourth-order valence-electron chi connectivity index (χ4n) is 3.38. The van der Waals surface area contributed by atoms with Crippen LogP contribution in [0.25, 0.3) is 0 Å². The molecule has 1 saturated heterocycles. The van der Waals surface area contributed by atoms with Gasteiger partial charge < -0.3 is 9.64 Å². The molecule has 22 heavy (non-hydrogen) atoms. The zero-order valence-electron chi connectivity index (χ0n) is 14.4. The molecule has 0 atom stereocenters. The summed E-state index contributed by atoms with van der Waals surface area (Å²) in [6.45, 7) is 4.03. The molecule has 2 nitrogen and oxygen atoms in total. The van der Waals surface area contributed by atoms with Crippen LogP contribution in [0.15, 0.2) is 24.3 Å². The maximum absolute atomic E-state index is 5.27. The lowest BCUT2D eigenvalue weighted by Crippen LogP contribution is -2.30. The first kappa shape index (κ1) is 17.3. The summed E-state index contributed by atoms with van der Waals surface area (Å²) < 4.78 is 5.27. The summed E-state index contributed by atoms with van der Waals surface area (Å²) in [7, 11) is 1.74. The van der Waals surface area contributed by atoms with E-state index in [0.29, 0.717) is 0 Å². The topological polar surface area (TPSA) is 12.5 Å². The average molecular weight is 303 g/mol. The van der Waals surface area contributed by atoms with Gasteiger partial charge in [-0.3, -0.25) is 0 Å². The second-order valence-electron chi connectivity index (χ2n) is 6.63. The third-order valence-electron chi connectivity index (χ3n) is 4.77. The van der Waals surface area contributed by atoms with E-state index < -0.39 is 0 Å². The first-order chi connectivity index (χ1) is 10.9. The van der Waals surface area contributed by atoms with Crippen molar-refractivity contribution in [3.8, 4) is 5.75 Å². The fraction of sp³-hybridized carbons (Fsp3) is 0.700. The molecule has 0 saturated carbocycles. The molecule has 124 valence electrons. The number of hydrogen-bond donors (Lipinski definition) is 0. The van der Waals surface area contributed by atoms with Crippen molar-refractivity contribution in [3.05, 3.63) is 29.8 Å². The summed E-state index contributed by atoms with van der Waals surface area (Å²) in [6.07, 6.45) is 13.8. The van der Waals surface area contributed by atoms with Crippen LogP contribution in [0.5, 0.6) is 5.75 Å². The molecule has 1 aromatic carbocycles. The van der Waals surface area contributed by atoms with Crippen LogP contribution in [0.3, 0.4) is 0 Å². The number of nitrogens with zero attached hydrogens (tertiary/aromatic N) is 1. The predicted molar refractivity (Wildman–Crippen MR) is 94.7 cm³/mol. The van der Waals surface area contributed by atoms with E-state index >= 15 is 0 Å². The smallest absolute Gasteiger partial charge is 0.119 e. The van der Waals surface area contributed by atoms with Gasteiger partial charge in [0.2, 0.25) is 0 Å². The number of piperidine rings is 1. The van der Waals surface area contributed by atoms with Crippen LogP contribution < -0.4 is 4.74 Å². The Morgan fingerprint density at radius 1 is 0.909 bits per heavy atom. The molecular formula is C20H33NO. The molecule has 0 unspecified atom stereocenters. The van der Waals surface area contributed by atoms with Crippen LogP contribution in [0.1, 0.15) is 63.4 Å². The summed E-state index contributed by atoms with van der Waals surface area (Å²) in [5, 5.41) is 0. The van der Waals surface area contributed by atoms with Crippen LogP contribution in [-0.4, -0.2) is 31.6 Å². The van der Waals surface area contributed by atoms with E-state index in [2.05, 4.69) is 23.1 Å². The van der Waals surface area contributed by atoms with E-state index in [1.54, 1.807) is 7.11 Å². The van der Waals surface area contributed by atoms with Crippen molar-refractivity contribution in [2.75, 3.05) is 26.7 Å². The minimum Gasteiger partial charge on any atom is -0.497 e. The van der Waals surface area contributed by atoms with Crippen LogP contribution in [0.4, 0.5) is 0 Å². The quantitative estimate of drug-likeness (QED) is 0.560. The molecule has 0 aliphatic carbocycles. The van der Waals surface area contributed by atoms with Gasteiger partial charge in [-0.15, -0.1) is 0 Å². The normalized spacial score (nSPS) is 15.9. The summed E-state index contributed by atoms with van der Waals surface area (Å²) in [4.78, 5) is 2.66. The summed E-state index contributed by atoms with van der Waals surface area (Å²) in [5.74, 6) is 0.982. The van der Waals surface area contributed by atoms with Gasteiger partial charge in [0.25, 0.3) is 0 Å². The molecule has 0 aromatic heterocycles. The molecule has 1 aliphatic rings. The van der Waals surface area contributed by atoms with Gasteiger partial charge >= 0.3 is 0 Å². The van der Waals surface area contributed by atoms with E-state index in [4.69, 9.17) is 4.74 Å². The van der Waals surface area contributed by atoms with E-state index in [9.17, 15) is 0 Å². The van der Waals surface area contributed by atoms with Crippen molar-refractivity contribution in [1.29, 1.82) is 0 Å². The number of rotatable bonds is 10. The van der Waals surface area contributed by atoms with Gasteiger partial charge in [0.1, 0.15) is 5.75 Å². The second kappa shape index (κ2) is 10.7. The standard InChI is InChI=1S/C20H33NO/c1-22-20-14-11-13-19(18-20)12-7-4-2-3-5-8-15-21-16-9-6-10-17-21/h11,13-14,18H,2-10,12,15-17H2,1H3. The fourth-order valence-corrected chi connectivity index (χ4v) is 3.38. The predicted octanol–water partition coefficient (Wildman–Crippen LogP) is 5.06. The van der Waals surface area contributed by atoms with Crippen molar-refractivity contribution in [2.45, 2.75) is 64.2 Å². The van der Waals surface area contributed by atoms with E-state index in [-0.39, 0.29) is 0 Å². The first-order valence-electron chi connectivity index (χ1n) is 9.24. The van der Waals surface area contributed by atoms with Crippen molar-refractivity contribution < 1.29 is 4.74 Å². The monoisotopic (exact) mass is 303 g/mol. The van der Waals surface area contributed by atoms with Gasteiger partial charge in [0, 0.05) is 0 Å². The SMILES string of the molecule is COc1cccc(CCCCCCCCN2CCCCC2)c1. The lowest BCUT2D eigenvalue weighted by Gasteiger charge is -2.26. The number of methoxy groups -OCH3 is 1. The largest absolute Gasteiger partial charge is 0.497 e. The van der Waals surface area contributed by atoms with Gasteiger partial charge in [-0.25, -0.2) is 0 Å². The van der Waals surface area contributed by atoms with Crippen molar-refractivity contribution in [2.24, 2.45) is 0 Å². The van der Waals surface area contributed by atoms with Gasteiger partial charge in [0.15, 0.2) is 0 Å². The Hall–Kier alpha value is -1.02. The molecule has 2 heteroatoms.